The number of esters is 1. The molecule has 8 heteroatoms. The van der Waals surface area contributed by atoms with E-state index in [1.165, 1.54) is 18.2 Å². The van der Waals surface area contributed by atoms with Gasteiger partial charge in [0.25, 0.3) is 5.91 Å². The van der Waals surface area contributed by atoms with Crippen molar-refractivity contribution in [2.45, 2.75) is 20.3 Å². The minimum atomic E-state index is -0.509. The third kappa shape index (κ3) is 6.01. The van der Waals surface area contributed by atoms with Crippen LogP contribution in [0.3, 0.4) is 0 Å². The molecule has 0 radical (unpaired) electrons. The summed E-state index contributed by atoms with van der Waals surface area (Å²) in [7, 11) is 0. The highest BCUT2D eigenvalue weighted by molar-refractivity contribution is 6.01. The number of benzene rings is 2. The molecule has 0 aromatic heterocycles. The molecule has 0 bridgehead atoms. The molecule has 0 saturated heterocycles. The number of hydrazone groups is 1. The molecule has 0 heterocycles. The molecule has 1 amide bonds. The minimum absolute atomic E-state index is 0.0287. The van der Waals surface area contributed by atoms with E-state index in [9.17, 15) is 19.8 Å². The largest absolute Gasteiger partial charge is 0.508 e. The first kappa shape index (κ1) is 20.8. The number of nitrogens with zero attached hydrogens (tertiary/aromatic N) is 1. The molecule has 2 aromatic rings. The molecule has 0 aliphatic heterocycles. The lowest BCUT2D eigenvalue weighted by Crippen LogP contribution is -2.25. The maximum atomic E-state index is 11.9. The topological polar surface area (TPSA) is 117 Å². The molecule has 2 aromatic carbocycles. The third-order valence-electron chi connectivity index (χ3n) is 3.62. The van der Waals surface area contributed by atoms with Gasteiger partial charge in [0.1, 0.15) is 17.2 Å². The van der Waals surface area contributed by atoms with Crippen LogP contribution in [0.1, 0.15) is 36.2 Å². The normalized spacial score (nSPS) is 11.0. The van der Waals surface area contributed by atoms with Gasteiger partial charge < -0.3 is 19.7 Å². The highest BCUT2D eigenvalue weighted by Crippen LogP contribution is 2.22. The summed E-state index contributed by atoms with van der Waals surface area (Å²) in [4.78, 5) is 23.6. The third-order valence-corrected chi connectivity index (χ3v) is 3.62. The van der Waals surface area contributed by atoms with Gasteiger partial charge in [0.05, 0.1) is 17.9 Å². The van der Waals surface area contributed by atoms with Crippen molar-refractivity contribution in [3.8, 4) is 17.2 Å². The summed E-state index contributed by atoms with van der Waals surface area (Å²) in [5.41, 5.74) is 3.32. The summed E-state index contributed by atoms with van der Waals surface area (Å²) in [6.07, 6.45) is 0.745. The molecule has 0 unspecified atom stereocenters. The van der Waals surface area contributed by atoms with Gasteiger partial charge >= 0.3 is 5.97 Å². The van der Waals surface area contributed by atoms with Crippen molar-refractivity contribution in [2.24, 2.45) is 5.10 Å². The zero-order valence-corrected chi connectivity index (χ0v) is 15.6. The standard InChI is InChI=1S/C20H22N2O6/c1-3-10-27-20(26)14-4-7-16(8-5-14)28-12-19(25)22-21-13(2)17-11-15(23)6-9-18(17)24/h4-9,11,23-24H,3,10,12H2,1-2H3,(H,22,25)/b21-13-. The van der Waals surface area contributed by atoms with E-state index in [0.717, 1.165) is 6.42 Å². The summed E-state index contributed by atoms with van der Waals surface area (Å²) in [6.45, 7) is 3.55. The maximum absolute atomic E-state index is 11.9. The first-order valence-electron chi connectivity index (χ1n) is 8.66. The fraction of sp³-hybridized carbons (Fsp3) is 0.250. The summed E-state index contributed by atoms with van der Waals surface area (Å²) in [5, 5.41) is 23.1. The van der Waals surface area contributed by atoms with Crippen LogP contribution in [-0.4, -0.2) is 41.0 Å². The molecule has 8 nitrogen and oxygen atoms in total. The molecule has 0 fully saturated rings. The summed E-state index contributed by atoms with van der Waals surface area (Å²) in [5.74, 6) is -0.605. The van der Waals surface area contributed by atoms with Crippen LogP contribution in [-0.2, 0) is 9.53 Å². The number of phenolic OH excluding ortho intramolecular Hbond substituents is 2. The Hall–Kier alpha value is -3.55. The lowest BCUT2D eigenvalue weighted by Gasteiger charge is -2.08. The molecule has 0 aliphatic carbocycles. The number of carbonyl (C=O) groups is 2. The number of nitrogens with one attached hydrogen (secondary N) is 1. The highest BCUT2D eigenvalue weighted by atomic mass is 16.5. The van der Waals surface area contributed by atoms with Crippen LogP contribution in [0.15, 0.2) is 47.6 Å². The van der Waals surface area contributed by atoms with Crippen LogP contribution in [0.4, 0.5) is 0 Å². The van der Waals surface area contributed by atoms with Crippen LogP contribution in [0, 0.1) is 0 Å². The molecule has 28 heavy (non-hydrogen) atoms. The quantitative estimate of drug-likeness (QED) is 0.278. The molecule has 0 atom stereocenters. The van der Waals surface area contributed by atoms with Crippen molar-refractivity contribution in [1.82, 2.24) is 5.43 Å². The maximum Gasteiger partial charge on any atom is 0.338 e. The summed E-state index contributed by atoms with van der Waals surface area (Å²) in [6, 6.07) is 10.2. The summed E-state index contributed by atoms with van der Waals surface area (Å²) < 4.78 is 10.4. The first-order valence-corrected chi connectivity index (χ1v) is 8.66. The zero-order valence-electron chi connectivity index (χ0n) is 15.6. The number of rotatable bonds is 8. The van der Waals surface area contributed by atoms with E-state index in [4.69, 9.17) is 9.47 Å². The number of phenols is 2. The minimum Gasteiger partial charge on any atom is -0.508 e. The second kappa shape index (κ2) is 9.96. The highest BCUT2D eigenvalue weighted by Gasteiger charge is 2.09. The van der Waals surface area contributed by atoms with Crippen molar-refractivity contribution < 1.29 is 29.3 Å². The van der Waals surface area contributed by atoms with Gasteiger partial charge in [-0.05, 0) is 55.8 Å². The van der Waals surface area contributed by atoms with Gasteiger partial charge in [-0.2, -0.15) is 5.10 Å². The van der Waals surface area contributed by atoms with E-state index in [2.05, 4.69) is 10.5 Å². The number of aromatic hydroxyl groups is 2. The van der Waals surface area contributed by atoms with Gasteiger partial charge in [0, 0.05) is 5.56 Å². The lowest BCUT2D eigenvalue weighted by atomic mass is 10.1. The SMILES string of the molecule is CCCOC(=O)c1ccc(OCC(=O)N/N=C(/C)c2cc(O)ccc2O)cc1. The van der Waals surface area contributed by atoms with Crippen LogP contribution in [0.2, 0.25) is 0 Å². The smallest absolute Gasteiger partial charge is 0.338 e. The van der Waals surface area contributed by atoms with Gasteiger partial charge in [-0.15, -0.1) is 0 Å². The number of carbonyl (C=O) groups excluding carboxylic acids is 2. The Morgan fingerprint density at radius 2 is 1.82 bits per heavy atom. The average molecular weight is 386 g/mol. The molecule has 0 spiro atoms. The predicted octanol–water partition coefficient (Wildman–Crippen LogP) is 2.58. The number of hydrogen-bond donors (Lipinski definition) is 3. The number of ether oxygens (including phenoxy) is 2. The van der Waals surface area contributed by atoms with Gasteiger partial charge in [-0.25, -0.2) is 10.2 Å². The molecular formula is C20H22N2O6. The molecule has 148 valence electrons. The van der Waals surface area contributed by atoms with Gasteiger partial charge in [0.2, 0.25) is 0 Å². The Balaban J connectivity index is 1.86. The van der Waals surface area contributed by atoms with E-state index in [-0.39, 0.29) is 18.1 Å². The Kier molecular flexibility index (Phi) is 7.38. The Labute approximate surface area is 162 Å². The average Bonchev–Trinajstić information content (AvgIpc) is 2.70. The van der Waals surface area contributed by atoms with Crippen molar-refractivity contribution in [3.63, 3.8) is 0 Å². The van der Waals surface area contributed by atoms with Crippen molar-refractivity contribution >= 4 is 17.6 Å². The van der Waals surface area contributed by atoms with Crippen LogP contribution in [0.5, 0.6) is 17.2 Å². The van der Waals surface area contributed by atoms with E-state index in [0.29, 0.717) is 29.2 Å². The van der Waals surface area contributed by atoms with E-state index in [1.54, 1.807) is 31.2 Å². The van der Waals surface area contributed by atoms with E-state index in [1.807, 2.05) is 6.92 Å². The molecule has 2 rings (SSSR count). The lowest BCUT2D eigenvalue weighted by molar-refractivity contribution is -0.123. The Morgan fingerprint density at radius 1 is 1.11 bits per heavy atom. The van der Waals surface area contributed by atoms with Crippen LogP contribution >= 0.6 is 0 Å². The van der Waals surface area contributed by atoms with Crippen molar-refractivity contribution in [2.75, 3.05) is 13.2 Å². The first-order chi connectivity index (χ1) is 13.4. The molecule has 0 aliphatic rings. The van der Waals surface area contributed by atoms with Gasteiger partial charge in [-0.3, -0.25) is 4.79 Å². The Morgan fingerprint density at radius 3 is 2.50 bits per heavy atom. The van der Waals surface area contributed by atoms with Crippen molar-refractivity contribution in [1.29, 1.82) is 0 Å². The monoisotopic (exact) mass is 386 g/mol. The second-order valence-corrected chi connectivity index (χ2v) is 5.88. The van der Waals surface area contributed by atoms with Gasteiger partial charge in [0.15, 0.2) is 6.61 Å². The fourth-order valence-electron chi connectivity index (χ4n) is 2.17. The zero-order chi connectivity index (χ0) is 20.5. The Bertz CT molecular complexity index is 861. The van der Waals surface area contributed by atoms with Crippen molar-refractivity contribution in [3.05, 3.63) is 53.6 Å². The van der Waals surface area contributed by atoms with E-state index >= 15 is 0 Å². The second-order valence-electron chi connectivity index (χ2n) is 5.88. The van der Waals surface area contributed by atoms with E-state index < -0.39 is 11.9 Å². The number of amides is 1. The number of hydrogen-bond acceptors (Lipinski definition) is 7. The predicted molar refractivity (Wildman–Crippen MR) is 103 cm³/mol. The van der Waals surface area contributed by atoms with Crippen LogP contribution < -0.4 is 10.2 Å². The molecule has 0 saturated carbocycles. The van der Waals surface area contributed by atoms with Gasteiger partial charge in [-0.1, -0.05) is 6.92 Å². The fourth-order valence-corrected chi connectivity index (χ4v) is 2.17. The van der Waals surface area contributed by atoms with Crippen LogP contribution in [0.25, 0.3) is 0 Å². The summed E-state index contributed by atoms with van der Waals surface area (Å²) >= 11 is 0. The molecular weight excluding hydrogens is 364 g/mol. The molecule has 3 N–H and O–H groups in total.